The predicted octanol–water partition coefficient (Wildman–Crippen LogP) is 0.274. The molecule has 0 radical (unpaired) electrons. The van der Waals surface area contributed by atoms with Crippen molar-refractivity contribution in [2.45, 2.75) is 24.9 Å². The van der Waals surface area contributed by atoms with E-state index >= 15 is 0 Å². The third kappa shape index (κ3) is 3.79. The Bertz CT molecular complexity index is 417. The molecule has 0 aliphatic carbocycles. The lowest BCUT2D eigenvalue weighted by molar-refractivity contribution is 0.233. The van der Waals surface area contributed by atoms with Crippen molar-refractivity contribution >= 4 is 10.0 Å². The van der Waals surface area contributed by atoms with Crippen molar-refractivity contribution in [3.63, 3.8) is 0 Å². The van der Waals surface area contributed by atoms with Crippen LogP contribution < -0.4 is 4.72 Å². The Morgan fingerprint density at radius 2 is 2.12 bits per heavy atom. The Morgan fingerprint density at radius 1 is 1.47 bits per heavy atom. The van der Waals surface area contributed by atoms with Gasteiger partial charge in [0.25, 0.3) is 10.0 Å². The number of rotatable bonds is 6. The van der Waals surface area contributed by atoms with E-state index in [1.807, 2.05) is 19.0 Å². The summed E-state index contributed by atoms with van der Waals surface area (Å²) in [5.41, 5.74) is 0. The van der Waals surface area contributed by atoms with Gasteiger partial charge in [0.1, 0.15) is 0 Å². The fraction of sp³-hybridized carbons (Fsp3) is 0.700. The average molecular weight is 260 g/mol. The van der Waals surface area contributed by atoms with Gasteiger partial charge < -0.3 is 4.90 Å². The monoisotopic (exact) mass is 260 g/mol. The zero-order chi connectivity index (χ0) is 13.1. The molecule has 6 nitrogen and oxygen atoms in total. The van der Waals surface area contributed by atoms with Crippen LogP contribution in [0.2, 0.25) is 0 Å². The first-order valence-corrected chi connectivity index (χ1v) is 6.98. The van der Waals surface area contributed by atoms with E-state index in [1.165, 1.54) is 12.3 Å². The lowest BCUT2D eigenvalue weighted by Gasteiger charge is -2.27. The van der Waals surface area contributed by atoms with E-state index in [0.29, 0.717) is 12.5 Å². The van der Waals surface area contributed by atoms with Crippen molar-refractivity contribution in [3.05, 3.63) is 12.3 Å². The molecule has 7 heteroatoms. The molecule has 0 fully saturated rings. The van der Waals surface area contributed by atoms with Gasteiger partial charge in [-0.1, -0.05) is 13.8 Å². The highest BCUT2D eigenvalue weighted by molar-refractivity contribution is 7.89. The third-order valence-electron chi connectivity index (χ3n) is 2.68. The molecule has 0 aliphatic rings. The highest BCUT2D eigenvalue weighted by atomic mass is 32.2. The van der Waals surface area contributed by atoms with Crippen molar-refractivity contribution in [1.29, 1.82) is 0 Å². The average Bonchev–Trinajstić information content (AvgIpc) is 2.69. The zero-order valence-electron chi connectivity index (χ0n) is 10.6. The van der Waals surface area contributed by atoms with Gasteiger partial charge >= 0.3 is 0 Å². The number of hydrogen-bond donors (Lipinski definition) is 2. The molecule has 1 atom stereocenters. The second-order valence-electron chi connectivity index (χ2n) is 4.55. The molecule has 1 aromatic heterocycles. The van der Waals surface area contributed by atoms with E-state index in [9.17, 15) is 8.42 Å². The first-order valence-electron chi connectivity index (χ1n) is 5.50. The number of nitrogens with one attached hydrogen (secondary N) is 2. The Hall–Kier alpha value is -0.920. The summed E-state index contributed by atoms with van der Waals surface area (Å²) in [6.45, 7) is 4.51. The van der Waals surface area contributed by atoms with Gasteiger partial charge in [-0.2, -0.15) is 5.10 Å². The summed E-state index contributed by atoms with van der Waals surface area (Å²) in [7, 11) is 0.406. The van der Waals surface area contributed by atoms with Crippen molar-refractivity contribution in [3.8, 4) is 0 Å². The van der Waals surface area contributed by atoms with E-state index in [1.54, 1.807) is 0 Å². The minimum atomic E-state index is -3.47. The SMILES string of the molecule is CC(C)C(CNS(=O)(=O)c1ccn[nH]1)N(C)C. The summed E-state index contributed by atoms with van der Waals surface area (Å²) in [6.07, 6.45) is 1.42. The van der Waals surface area contributed by atoms with Gasteiger partial charge in [0, 0.05) is 12.6 Å². The van der Waals surface area contributed by atoms with Crippen LogP contribution in [0.25, 0.3) is 0 Å². The highest BCUT2D eigenvalue weighted by Crippen LogP contribution is 2.08. The van der Waals surface area contributed by atoms with Crippen LogP contribution in [0.1, 0.15) is 13.8 Å². The maximum atomic E-state index is 11.8. The first kappa shape index (κ1) is 14.1. The van der Waals surface area contributed by atoms with Crippen LogP contribution in [0.15, 0.2) is 17.3 Å². The van der Waals surface area contributed by atoms with Gasteiger partial charge in [0.2, 0.25) is 0 Å². The van der Waals surface area contributed by atoms with Crippen LogP contribution >= 0.6 is 0 Å². The van der Waals surface area contributed by atoms with Crippen LogP contribution in [0.5, 0.6) is 0 Å². The Balaban J connectivity index is 2.67. The van der Waals surface area contributed by atoms with Crippen molar-refractivity contribution in [1.82, 2.24) is 19.8 Å². The van der Waals surface area contributed by atoms with E-state index in [4.69, 9.17) is 0 Å². The van der Waals surface area contributed by atoms with Gasteiger partial charge in [-0.15, -0.1) is 0 Å². The molecular formula is C10H20N4O2S. The maximum Gasteiger partial charge on any atom is 0.257 e. The zero-order valence-corrected chi connectivity index (χ0v) is 11.5. The van der Waals surface area contributed by atoms with E-state index in [-0.39, 0.29) is 11.1 Å². The second-order valence-corrected chi connectivity index (χ2v) is 6.28. The highest BCUT2D eigenvalue weighted by Gasteiger charge is 2.21. The molecule has 98 valence electrons. The number of aromatic amines is 1. The number of aromatic nitrogens is 2. The number of nitrogens with zero attached hydrogens (tertiary/aromatic N) is 2. The lowest BCUT2D eigenvalue weighted by atomic mass is 10.0. The van der Waals surface area contributed by atoms with Crippen molar-refractivity contribution in [2.24, 2.45) is 5.92 Å². The Labute approximate surface area is 102 Å². The minimum absolute atomic E-state index is 0.0961. The lowest BCUT2D eigenvalue weighted by Crippen LogP contribution is -2.43. The van der Waals surface area contributed by atoms with Crippen LogP contribution in [0.3, 0.4) is 0 Å². The molecule has 0 saturated carbocycles. The molecule has 0 spiro atoms. The van der Waals surface area contributed by atoms with Gasteiger partial charge in [-0.3, -0.25) is 5.10 Å². The summed E-state index contributed by atoms with van der Waals surface area (Å²) in [5.74, 6) is 0.370. The predicted molar refractivity (Wildman–Crippen MR) is 66.1 cm³/mol. The van der Waals surface area contributed by atoms with Gasteiger partial charge in [0.05, 0.1) is 6.20 Å². The molecule has 1 unspecified atom stereocenters. The topological polar surface area (TPSA) is 78.1 Å². The summed E-state index contributed by atoms with van der Waals surface area (Å²) < 4.78 is 26.3. The first-order chi connectivity index (χ1) is 7.84. The molecule has 1 aromatic rings. The summed E-state index contributed by atoms with van der Waals surface area (Å²) >= 11 is 0. The number of sulfonamides is 1. The standard InChI is InChI=1S/C10H20N4O2S/c1-8(2)9(14(3)4)7-12-17(15,16)10-5-6-11-13-10/h5-6,8-9,12H,7H2,1-4H3,(H,11,13). The molecule has 1 rings (SSSR count). The van der Waals surface area contributed by atoms with E-state index in [2.05, 4.69) is 28.8 Å². The minimum Gasteiger partial charge on any atom is -0.305 e. The molecule has 0 saturated heterocycles. The van der Waals surface area contributed by atoms with Gasteiger partial charge in [0.15, 0.2) is 5.03 Å². The van der Waals surface area contributed by atoms with Crippen LogP contribution in [-0.4, -0.2) is 50.2 Å². The number of H-pyrrole nitrogens is 1. The summed E-state index contributed by atoms with van der Waals surface area (Å²) in [4.78, 5) is 2.01. The fourth-order valence-corrected chi connectivity index (χ4v) is 2.64. The molecule has 1 heterocycles. The van der Waals surface area contributed by atoms with Crippen molar-refractivity contribution < 1.29 is 8.42 Å². The van der Waals surface area contributed by atoms with Crippen LogP contribution in [-0.2, 0) is 10.0 Å². The largest absolute Gasteiger partial charge is 0.305 e. The molecule has 0 bridgehead atoms. The van der Waals surface area contributed by atoms with Crippen LogP contribution in [0.4, 0.5) is 0 Å². The summed E-state index contributed by atoms with van der Waals surface area (Å²) in [6, 6.07) is 1.59. The fourth-order valence-electron chi connectivity index (χ4n) is 1.68. The molecule has 0 aliphatic heterocycles. The van der Waals surface area contributed by atoms with Crippen LogP contribution in [0, 0.1) is 5.92 Å². The third-order valence-corrected chi connectivity index (χ3v) is 4.03. The molecule has 2 N–H and O–H groups in total. The summed E-state index contributed by atoms with van der Waals surface area (Å²) in [5, 5.41) is 6.17. The Morgan fingerprint density at radius 3 is 2.53 bits per heavy atom. The molecule has 0 amide bonds. The molecule has 17 heavy (non-hydrogen) atoms. The maximum absolute atomic E-state index is 11.8. The van der Waals surface area contributed by atoms with E-state index in [0.717, 1.165) is 0 Å². The van der Waals surface area contributed by atoms with Gasteiger partial charge in [-0.05, 0) is 26.1 Å². The van der Waals surface area contributed by atoms with Crippen molar-refractivity contribution in [2.75, 3.05) is 20.6 Å². The van der Waals surface area contributed by atoms with Gasteiger partial charge in [-0.25, -0.2) is 13.1 Å². The molecule has 0 aromatic carbocycles. The normalized spacial score (nSPS) is 14.5. The molecular weight excluding hydrogens is 240 g/mol. The second kappa shape index (κ2) is 5.61. The quantitative estimate of drug-likeness (QED) is 0.770. The van der Waals surface area contributed by atoms with E-state index < -0.39 is 10.0 Å². The number of likely N-dealkylation sites (N-methyl/N-ethyl adjacent to an activating group) is 1. The Kier molecular flexibility index (Phi) is 4.67. The smallest absolute Gasteiger partial charge is 0.257 e. The number of hydrogen-bond acceptors (Lipinski definition) is 4.